The molecule has 150 valence electrons. The minimum Gasteiger partial charge on any atom is -0.348 e. The van der Waals surface area contributed by atoms with Crippen LogP contribution < -0.4 is 10.6 Å². The Morgan fingerprint density at radius 2 is 1.93 bits per heavy atom. The van der Waals surface area contributed by atoms with Crippen LogP contribution in [0.3, 0.4) is 0 Å². The molecular formula is C19H24N4O4S. The third kappa shape index (κ3) is 4.98. The van der Waals surface area contributed by atoms with Gasteiger partial charge in [0.15, 0.2) is 9.84 Å². The van der Waals surface area contributed by atoms with Gasteiger partial charge in [0.25, 0.3) is 0 Å². The SMILES string of the molecule is O=C(NCCCn1cccn1)C(=O)Nc1cccc(S(=O)(=O)C2CCCC2)c1. The lowest BCUT2D eigenvalue weighted by Gasteiger charge is -2.12. The summed E-state index contributed by atoms with van der Waals surface area (Å²) in [4.78, 5) is 24.2. The number of carbonyl (C=O) groups excluding carboxylic acids is 2. The lowest BCUT2D eigenvalue weighted by molar-refractivity contribution is -0.136. The zero-order chi connectivity index (χ0) is 20.0. The molecule has 1 aliphatic rings. The molecule has 2 N–H and O–H groups in total. The van der Waals surface area contributed by atoms with E-state index in [0.29, 0.717) is 32.4 Å². The molecule has 0 aliphatic heterocycles. The van der Waals surface area contributed by atoms with E-state index in [0.717, 1.165) is 12.8 Å². The van der Waals surface area contributed by atoms with Gasteiger partial charge in [0.05, 0.1) is 10.1 Å². The highest BCUT2D eigenvalue weighted by atomic mass is 32.2. The summed E-state index contributed by atoms with van der Waals surface area (Å²) in [7, 11) is -3.42. The molecule has 9 heteroatoms. The number of rotatable bonds is 7. The highest BCUT2D eigenvalue weighted by Crippen LogP contribution is 2.30. The van der Waals surface area contributed by atoms with E-state index >= 15 is 0 Å². The first-order chi connectivity index (χ1) is 13.5. The Morgan fingerprint density at radius 1 is 1.14 bits per heavy atom. The van der Waals surface area contributed by atoms with E-state index in [1.165, 1.54) is 12.1 Å². The summed E-state index contributed by atoms with van der Waals surface area (Å²) in [6, 6.07) is 7.89. The summed E-state index contributed by atoms with van der Waals surface area (Å²) >= 11 is 0. The lowest BCUT2D eigenvalue weighted by atomic mass is 10.3. The zero-order valence-corrected chi connectivity index (χ0v) is 16.3. The van der Waals surface area contributed by atoms with Crippen LogP contribution in [0.1, 0.15) is 32.1 Å². The van der Waals surface area contributed by atoms with Crippen LogP contribution in [0.2, 0.25) is 0 Å². The first-order valence-corrected chi connectivity index (χ1v) is 10.9. The van der Waals surface area contributed by atoms with Crippen molar-refractivity contribution in [2.75, 3.05) is 11.9 Å². The van der Waals surface area contributed by atoms with Gasteiger partial charge < -0.3 is 10.6 Å². The number of sulfone groups is 1. The smallest absolute Gasteiger partial charge is 0.313 e. The van der Waals surface area contributed by atoms with Crippen molar-refractivity contribution in [1.82, 2.24) is 15.1 Å². The van der Waals surface area contributed by atoms with Gasteiger partial charge in [0.1, 0.15) is 0 Å². The number of carbonyl (C=O) groups is 2. The Labute approximate surface area is 164 Å². The van der Waals surface area contributed by atoms with Gasteiger partial charge in [-0.05, 0) is 43.5 Å². The molecule has 0 spiro atoms. The lowest BCUT2D eigenvalue weighted by Crippen LogP contribution is -2.36. The fraction of sp³-hybridized carbons (Fsp3) is 0.421. The number of aryl methyl sites for hydroxylation is 1. The molecule has 0 radical (unpaired) electrons. The Hall–Kier alpha value is -2.68. The maximum atomic E-state index is 12.7. The molecule has 1 fully saturated rings. The van der Waals surface area contributed by atoms with Crippen LogP contribution in [0.4, 0.5) is 5.69 Å². The molecule has 0 atom stereocenters. The molecule has 0 bridgehead atoms. The molecule has 1 aromatic carbocycles. The molecule has 2 amide bonds. The van der Waals surface area contributed by atoms with Crippen molar-refractivity contribution in [3.8, 4) is 0 Å². The average Bonchev–Trinajstić information content (AvgIpc) is 3.39. The maximum absolute atomic E-state index is 12.7. The molecule has 8 nitrogen and oxygen atoms in total. The van der Waals surface area contributed by atoms with Gasteiger partial charge in [-0.15, -0.1) is 0 Å². The molecule has 0 unspecified atom stereocenters. The summed E-state index contributed by atoms with van der Waals surface area (Å²) < 4.78 is 27.1. The van der Waals surface area contributed by atoms with Gasteiger partial charge in [0, 0.05) is 31.2 Å². The van der Waals surface area contributed by atoms with Crippen LogP contribution in [0.5, 0.6) is 0 Å². The second-order valence-corrected chi connectivity index (χ2v) is 9.04. The van der Waals surface area contributed by atoms with Crippen molar-refractivity contribution >= 4 is 27.3 Å². The van der Waals surface area contributed by atoms with E-state index in [4.69, 9.17) is 0 Å². The van der Waals surface area contributed by atoms with Crippen LogP contribution in [0, 0.1) is 0 Å². The number of hydrogen-bond donors (Lipinski definition) is 2. The van der Waals surface area contributed by atoms with E-state index in [1.54, 1.807) is 23.0 Å². The molecule has 28 heavy (non-hydrogen) atoms. The number of aromatic nitrogens is 2. The summed E-state index contributed by atoms with van der Waals surface area (Å²) in [5, 5.41) is 8.70. The summed E-state index contributed by atoms with van der Waals surface area (Å²) in [6.45, 7) is 0.970. The van der Waals surface area contributed by atoms with Gasteiger partial charge in [-0.3, -0.25) is 14.3 Å². The third-order valence-electron chi connectivity index (χ3n) is 4.78. The van der Waals surface area contributed by atoms with E-state index in [2.05, 4.69) is 15.7 Å². The number of benzene rings is 1. The summed E-state index contributed by atoms with van der Waals surface area (Å²) in [5.41, 5.74) is 0.288. The highest BCUT2D eigenvalue weighted by Gasteiger charge is 2.30. The van der Waals surface area contributed by atoms with Crippen molar-refractivity contribution in [3.05, 3.63) is 42.7 Å². The standard InChI is InChI=1S/C19H24N4O4S/c24-18(20-10-4-12-23-13-5-11-21-23)19(25)22-15-6-3-9-17(14-15)28(26,27)16-7-1-2-8-16/h3,5-6,9,11,13-14,16H,1-2,4,7-8,10,12H2,(H,20,24)(H,22,25). The Bertz CT molecular complexity index is 919. The van der Waals surface area contributed by atoms with Crippen LogP contribution >= 0.6 is 0 Å². The fourth-order valence-electron chi connectivity index (χ4n) is 3.29. The van der Waals surface area contributed by atoms with Crippen molar-refractivity contribution in [1.29, 1.82) is 0 Å². The quantitative estimate of drug-likeness (QED) is 0.540. The molecule has 0 saturated heterocycles. The predicted molar refractivity (Wildman–Crippen MR) is 104 cm³/mol. The van der Waals surface area contributed by atoms with Crippen molar-refractivity contribution < 1.29 is 18.0 Å². The van der Waals surface area contributed by atoms with E-state index < -0.39 is 21.7 Å². The van der Waals surface area contributed by atoms with Crippen LogP contribution in [0.25, 0.3) is 0 Å². The number of nitrogens with zero attached hydrogens (tertiary/aromatic N) is 2. The Morgan fingerprint density at radius 3 is 2.64 bits per heavy atom. The third-order valence-corrected chi connectivity index (χ3v) is 7.04. The van der Waals surface area contributed by atoms with Crippen molar-refractivity contribution in [2.24, 2.45) is 0 Å². The second-order valence-electron chi connectivity index (χ2n) is 6.81. The maximum Gasteiger partial charge on any atom is 0.313 e. The number of anilines is 1. The number of amides is 2. The zero-order valence-electron chi connectivity index (χ0n) is 15.5. The second kappa shape index (κ2) is 9.01. The molecule has 1 aromatic heterocycles. The van der Waals surface area contributed by atoms with E-state index in [-0.39, 0.29) is 15.8 Å². The topological polar surface area (TPSA) is 110 Å². The number of nitrogens with one attached hydrogen (secondary N) is 2. The average molecular weight is 404 g/mol. The largest absolute Gasteiger partial charge is 0.348 e. The molecule has 1 saturated carbocycles. The molecule has 1 heterocycles. The Balaban J connectivity index is 1.52. The van der Waals surface area contributed by atoms with Crippen LogP contribution in [0.15, 0.2) is 47.6 Å². The normalized spacial score (nSPS) is 14.7. The minimum atomic E-state index is -3.42. The fourth-order valence-corrected chi connectivity index (χ4v) is 5.18. The predicted octanol–water partition coefficient (Wildman–Crippen LogP) is 1.74. The van der Waals surface area contributed by atoms with Crippen molar-refractivity contribution in [3.63, 3.8) is 0 Å². The first-order valence-electron chi connectivity index (χ1n) is 9.37. The molecule has 2 aromatic rings. The van der Waals surface area contributed by atoms with E-state index in [1.807, 2.05) is 12.3 Å². The highest BCUT2D eigenvalue weighted by molar-refractivity contribution is 7.92. The first kappa shape index (κ1) is 20.1. The van der Waals surface area contributed by atoms with Crippen LogP contribution in [-0.4, -0.2) is 41.8 Å². The van der Waals surface area contributed by atoms with Gasteiger partial charge >= 0.3 is 11.8 Å². The summed E-state index contributed by atoms with van der Waals surface area (Å²) in [5.74, 6) is -1.58. The summed E-state index contributed by atoms with van der Waals surface area (Å²) in [6.07, 6.45) is 7.30. The Kier molecular flexibility index (Phi) is 6.45. The van der Waals surface area contributed by atoms with Gasteiger partial charge in [-0.2, -0.15) is 5.10 Å². The molecular weight excluding hydrogens is 380 g/mol. The molecule has 1 aliphatic carbocycles. The van der Waals surface area contributed by atoms with Crippen LogP contribution in [-0.2, 0) is 26.0 Å². The van der Waals surface area contributed by atoms with Crippen molar-refractivity contribution in [2.45, 2.75) is 48.8 Å². The number of hydrogen-bond acceptors (Lipinski definition) is 5. The van der Waals surface area contributed by atoms with Gasteiger partial charge in [-0.25, -0.2) is 8.42 Å². The van der Waals surface area contributed by atoms with Gasteiger partial charge in [-0.1, -0.05) is 18.9 Å². The van der Waals surface area contributed by atoms with Gasteiger partial charge in [0.2, 0.25) is 0 Å². The monoisotopic (exact) mass is 404 g/mol. The molecule has 3 rings (SSSR count). The minimum absolute atomic E-state index is 0.178. The van der Waals surface area contributed by atoms with E-state index in [9.17, 15) is 18.0 Å².